The van der Waals surface area contributed by atoms with Crippen LogP contribution in [0.4, 0.5) is 3.89 Å². The van der Waals surface area contributed by atoms with E-state index in [1.54, 1.807) is 0 Å². The summed E-state index contributed by atoms with van der Waals surface area (Å²) in [6.45, 7) is 9.90. The Balaban J connectivity index is 3.72. The lowest BCUT2D eigenvalue weighted by Gasteiger charge is -2.20. The third-order valence-electron chi connectivity index (χ3n) is 2.82. The smallest absolute Gasteiger partial charge is 0.121 e. The van der Waals surface area contributed by atoms with Crippen molar-refractivity contribution in [1.29, 1.82) is 9.56 Å². The zero-order valence-electron chi connectivity index (χ0n) is 11.1. The van der Waals surface area contributed by atoms with E-state index in [-0.39, 0.29) is 11.8 Å². The van der Waals surface area contributed by atoms with Crippen LogP contribution in [0.25, 0.3) is 0 Å². The van der Waals surface area contributed by atoms with E-state index < -0.39 is 10.0 Å². The zero-order chi connectivity index (χ0) is 13.4. The van der Waals surface area contributed by atoms with Crippen molar-refractivity contribution in [1.82, 2.24) is 0 Å². The van der Waals surface area contributed by atoms with E-state index >= 15 is 0 Å². The molecule has 0 spiro atoms. The molecule has 0 radical (unpaired) electrons. The van der Waals surface area contributed by atoms with E-state index in [1.165, 1.54) is 0 Å². The molecular formula is C13H21FN2S. The van der Waals surface area contributed by atoms with E-state index in [4.69, 9.17) is 9.56 Å². The second-order valence-electron chi connectivity index (χ2n) is 5.12. The number of halogens is 1. The first-order valence-corrected chi connectivity index (χ1v) is 7.34. The van der Waals surface area contributed by atoms with Crippen LogP contribution in [0.1, 0.15) is 56.2 Å². The normalized spacial score (nSPS) is 12.5. The fourth-order valence-corrected chi connectivity index (χ4v) is 3.25. The Kier molecular flexibility index (Phi) is 3.97. The lowest BCUT2D eigenvalue weighted by molar-refractivity contribution is 0.771. The van der Waals surface area contributed by atoms with Crippen LogP contribution in [-0.2, 0) is 10.0 Å². The highest BCUT2D eigenvalue weighted by Crippen LogP contribution is 2.34. The molecule has 0 atom stereocenters. The molecular weight excluding hydrogens is 235 g/mol. The first-order valence-electron chi connectivity index (χ1n) is 5.81. The predicted octanol–water partition coefficient (Wildman–Crippen LogP) is 5.16. The lowest BCUT2D eigenvalue weighted by Crippen LogP contribution is -2.06. The quantitative estimate of drug-likeness (QED) is 0.750. The summed E-state index contributed by atoms with van der Waals surface area (Å²) in [5.74, 6) is 0.279. The summed E-state index contributed by atoms with van der Waals surface area (Å²) in [7, 11) is -3.67. The molecule has 1 aromatic carbocycles. The fourth-order valence-electron chi connectivity index (χ4n) is 2.01. The van der Waals surface area contributed by atoms with Gasteiger partial charge in [0.25, 0.3) is 0 Å². The maximum absolute atomic E-state index is 13.9. The molecule has 0 unspecified atom stereocenters. The van der Waals surface area contributed by atoms with Crippen LogP contribution < -0.4 is 0 Å². The summed E-state index contributed by atoms with van der Waals surface area (Å²) in [5.41, 5.74) is 2.71. The van der Waals surface area contributed by atoms with Gasteiger partial charge in [-0.2, -0.15) is 0 Å². The molecule has 0 saturated heterocycles. The second-order valence-corrected chi connectivity index (χ2v) is 6.60. The minimum atomic E-state index is -3.67. The molecule has 2 N–H and O–H groups in total. The molecule has 0 aliphatic carbocycles. The van der Waals surface area contributed by atoms with Crippen molar-refractivity contribution in [3.63, 3.8) is 0 Å². The van der Waals surface area contributed by atoms with E-state index in [0.29, 0.717) is 4.90 Å². The van der Waals surface area contributed by atoms with Crippen LogP contribution in [-0.4, -0.2) is 0 Å². The minimum absolute atomic E-state index is 0.140. The summed E-state index contributed by atoms with van der Waals surface area (Å²) in [4.78, 5) is 0.313. The SMILES string of the molecule is Cc1cc(C(C)C)c(S(=N)(=N)F)c(C(C)C)c1. The van der Waals surface area contributed by atoms with Gasteiger partial charge in [0, 0.05) is 0 Å². The monoisotopic (exact) mass is 256 g/mol. The number of benzene rings is 1. The Hall–Kier alpha value is -0.900. The van der Waals surface area contributed by atoms with Crippen molar-refractivity contribution in [2.45, 2.75) is 51.3 Å². The van der Waals surface area contributed by atoms with Gasteiger partial charge in [0.1, 0.15) is 10.0 Å². The van der Waals surface area contributed by atoms with Gasteiger partial charge in [0.05, 0.1) is 4.90 Å². The Morgan fingerprint density at radius 1 is 1.00 bits per heavy atom. The van der Waals surface area contributed by atoms with Crippen LogP contribution in [0.15, 0.2) is 17.0 Å². The van der Waals surface area contributed by atoms with Gasteiger partial charge < -0.3 is 0 Å². The number of hydrogen-bond donors (Lipinski definition) is 2. The Bertz CT molecular complexity index is 487. The van der Waals surface area contributed by atoms with Crippen LogP contribution in [0, 0.1) is 16.5 Å². The first kappa shape index (κ1) is 14.2. The van der Waals surface area contributed by atoms with Crippen LogP contribution >= 0.6 is 0 Å². The number of aryl methyl sites for hydroxylation is 1. The third kappa shape index (κ3) is 3.06. The summed E-state index contributed by atoms with van der Waals surface area (Å²) in [6.07, 6.45) is 0. The van der Waals surface area contributed by atoms with Crippen molar-refractivity contribution >= 4 is 10.0 Å². The zero-order valence-corrected chi connectivity index (χ0v) is 11.9. The largest absolute Gasteiger partial charge is 0.240 e. The van der Waals surface area contributed by atoms with Crippen LogP contribution in [0.3, 0.4) is 0 Å². The molecule has 0 bridgehead atoms. The topological polar surface area (TPSA) is 47.7 Å². The van der Waals surface area contributed by atoms with Gasteiger partial charge in [-0.05, 0) is 29.9 Å². The van der Waals surface area contributed by atoms with Crippen molar-refractivity contribution in [3.8, 4) is 0 Å². The summed E-state index contributed by atoms with van der Waals surface area (Å²) >= 11 is 0. The molecule has 0 saturated carbocycles. The van der Waals surface area contributed by atoms with Gasteiger partial charge in [-0.1, -0.05) is 45.4 Å². The highest BCUT2D eigenvalue weighted by molar-refractivity contribution is 7.88. The van der Waals surface area contributed by atoms with Gasteiger partial charge >= 0.3 is 0 Å². The molecule has 2 nitrogen and oxygen atoms in total. The molecule has 0 aliphatic heterocycles. The van der Waals surface area contributed by atoms with Crippen LogP contribution in [0.5, 0.6) is 0 Å². The fraction of sp³-hybridized carbons (Fsp3) is 0.538. The van der Waals surface area contributed by atoms with E-state index in [9.17, 15) is 3.89 Å². The van der Waals surface area contributed by atoms with Crippen molar-refractivity contribution in [2.24, 2.45) is 0 Å². The third-order valence-corrected chi connectivity index (χ3v) is 3.85. The van der Waals surface area contributed by atoms with Gasteiger partial charge in [-0.3, -0.25) is 0 Å². The summed E-state index contributed by atoms with van der Waals surface area (Å²) < 4.78 is 28.9. The predicted molar refractivity (Wildman–Crippen MR) is 71.5 cm³/mol. The average Bonchev–Trinajstić information content (AvgIpc) is 2.14. The van der Waals surface area contributed by atoms with E-state index in [2.05, 4.69) is 0 Å². The average molecular weight is 256 g/mol. The van der Waals surface area contributed by atoms with Gasteiger partial charge in [0.15, 0.2) is 0 Å². The first-order chi connectivity index (χ1) is 7.64. The lowest BCUT2D eigenvalue weighted by atomic mass is 9.93. The maximum atomic E-state index is 13.9. The molecule has 4 heteroatoms. The number of rotatable bonds is 3. The molecule has 0 heterocycles. The molecule has 0 fully saturated rings. The molecule has 96 valence electrons. The Labute approximate surface area is 104 Å². The maximum Gasteiger partial charge on any atom is 0.121 e. The number of hydrogen-bond acceptors (Lipinski definition) is 2. The van der Waals surface area contributed by atoms with E-state index in [1.807, 2.05) is 46.8 Å². The van der Waals surface area contributed by atoms with E-state index in [0.717, 1.165) is 16.7 Å². The highest BCUT2D eigenvalue weighted by atomic mass is 32.2. The van der Waals surface area contributed by atoms with Crippen molar-refractivity contribution in [3.05, 3.63) is 28.8 Å². The second kappa shape index (κ2) is 4.77. The number of nitrogens with one attached hydrogen (secondary N) is 2. The van der Waals surface area contributed by atoms with Gasteiger partial charge in [-0.25, -0.2) is 9.56 Å². The van der Waals surface area contributed by atoms with Crippen molar-refractivity contribution < 1.29 is 3.89 Å². The van der Waals surface area contributed by atoms with Gasteiger partial charge in [-0.15, -0.1) is 3.89 Å². The summed E-state index contributed by atoms with van der Waals surface area (Å²) in [5, 5.41) is 0. The summed E-state index contributed by atoms with van der Waals surface area (Å²) in [6, 6.07) is 3.83. The molecule has 0 amide bonds. The van der Waals surface area contributed by atoms with Gasteiger partial charge in [0.2, 0.25) is 0 Å². The minimum Gasteiger partial charge on any atom is -0.240 e. The Morgan fingerprint density at radius 3 is 1.59 bits per heavy atom. The standard InChI is InChI=1S/C13H21FN2S/c1-8(2)11-6-10(5)7-12(9(3)4)13(11)17(14,15)16/h6-9,15-16H,1-5H3. The van der Waals surface area contributed by atoms with Crippen LogP contribution in [0.2, 0.25) is 0 Å². The molecule has 1 aromatic rings. The Morgan fingerprint density at radius 2 is 1.35 bits per heavy atom. The molecule has 0 aromatic heterocycles. The molecule has 0 aliphatic rings. The van der Waals surface area contributed by atoms with Crippen molar-refractivity contribution in [2.75, 3.05) is 0 Å². The molecule has 17 heavy (non-hydrogen) atoms. The highest BCUT2D eigenvalue weighted by Gasteiger charge is 2.20. The molecule has 1 rings (SSSR count).